The van der Waals surface area contributed by atoms with Crippen molar-refractivity contribution in [1.29, 1.82) is 0 Å². The van der Waals surface area contributed by atoms with E-state index >= 15 is 0 Å². The Morgan fingerprint density at radius 1 is 1.39 bits per heavy atom. The molecule has 8 heteroatoms. The molecule has 2 rings (SSSR count). The maximum Gasteiger partial charge on any atom is 0.176 e. The van der Waals surface area contributed by atoms with Crippen LogP contribution in [0.4, 0.5) is 5.82 Å². The van der Waals surface area contributed by atoms with Gasteiger partial charge in [-0.1, -0.05) is 0 Å². The first-order valence-corrected chi connectivity index (χ1v) is 6.95. The van der Waals surface area contributed by atoms with E-state index in [-0.39, 0.29) is 0 Å². The Balaban J connectivity index is 2.14. The fourth-order valence-corrected chi connectivity index (χ4v) is 2.84. The highest BCUT2D eigenvalue weighted by Gasteiger charge is 2.08. The van der Waals surface area contributed by atoms with Crippen LogP contribution in [0.25, 0.3) is 0 Å². The van der Waals surface area contributed by atoms with Crippen molar-refractivity contribution in [2.75, 3.05) is 12.3 Å². The second-order valence-corrected chi connectivity index (χ2v) is 5.41. The first kappa shape index (κ1) is 13.2. The van der Waals surface area contributed by atoms with Crippen molar-refractivity contribution in [2.45, 2.75) is 29.8 Å². The summed E-state index contributed by atoms with van der Waals surface area (Å²) in [5.74, 6) is 1.78. The Kier molecular flexibility index (Phi) is 4.45. The molecule has 2 aromatic heterocycles. The molecule has 0 aliphatic carbocycles. The van der Waals surface area contributed by atoms with Gasteiger partial charge < -0.3 is 10.5 Å². The number of ether oxygens (including phenoxy) is 1. The highest BCUT2D eigenvalue weighted by atomic mass is 32.2. The largest absolute Gasteiger partial charge is 0.384 e. The van der Waals surface area contributed by atoms with Crippen LogP contribution < -0.4 is 5.73 Å². The van der Waals surface area contributed by atoms with Gasteiger partial charge in [-0.2, -0.15) is 4.37 Å². The normalized spacial score (nSPS) is 10.8. The van der Waals surface area contributed by atoms with Crippen LogP contribution in [0.15, 0.2) is 15.4 Å². The lowest BCUT2D eigenvalue weighted by Gasteiger charge is -2.04. The van der Waals surface area contributed by atoms with Gasteiger partial charge in [0.05, 0.1) is 0 Å². The van der Waals surface area contributed by atoms with Gasteiger partial charge in [-0.15, -0.1) is 0 Å². The molecule has 0 radical (unpaired) electrons. The third-order valence-corrected chi connectivity index (χ3v) is 3.67. The molecule has 0 spiro atoms. The number of hydrogen-bond acceptors (Lipinski definition) is 8. The van der Waals surface area contributed by atoms with E-state index in [4.69, 9.17) is 10.5 Å². The van der Waals surface area contributed by atoms with Crippen molar-refractivity contribution < 1.29 is 4.74 Å². The van der Waals surface area contributed by atoms with Gasteiger partial charge in [0.1, 0.15) is 23.3 Å². The molecule has 18 heavy (non-hydrogen) atoms. The number of hydrogen-bond donors (Lipinski definition) is 1. The molecular weight excluding hydrogens is 270 g/mol. The Bertz CT molecular complexity index is 531. The van der Waals surface area contributed by atoms with Crippen LogP contribution in [-0.4, -0.2) is 25.9 Å². The minimum absolute atomic E-state index is 0.365. The molecule has 0 amide bonds. The van der Waals surface area contributed by atoms with Crippen LogP contribution in [0.3, 0.4) is 0 Å². The van der Waals surface area contributed by atoms with Crippen molar-refractivity contribution >= 4 is 29.1 Å². The highest BCUT2D eigenvalue weighted by molar-refractivity contribution is 8.00. The van der Waals surface area contributed by atoms with Crippen molar-refractivity contribution in [3.05, 3.63) is 17.7 Å². The van der Waals surface area contributed by atoms with Gasteiger partial charge in [-0.25, -0.2) is 15.0 Å². The number of nitrogens with two attached hydrogens (primary N) is 1. The number of anilines is 1. The summed E-state index contributed by atoms with van der Waals surface area (Å²) in [6.45, 7) is 4.77. The molecule has 0 saturated heterocycles. The number of aryl methyl sites for hydroxylation is 1. The first-order chi connectivity index (χ1) is 8.67. The third-order valence-electron chi connectivity index (χ3n) is 1.90. The van der Waals surface area contributed by atoms with E-state index in [0.29, 0.717) is 24.9 Å². The molecule has 0 bridgehead atoms. The average molecular weight is 283 g/mol. The van der Waals surface area contributed by atoms with Gasteiger partial charge in [0.15, 0.2) is 10.2 Å². The van der Waals surface area contributed by atoms with E-state index in [0.717, 1.165) is 15.2 Å². The standard InChI is InChI=1S/C10H13N5OS2/c1-3-16-5-8-13-7(11)4-9(14-8)17-10-12-6(2)15-18-10/h4H,3,5H2,1-2H3,(H2,11,13,14). The van der Waals surface area contributed by atoms with Crippen molar-refractivity contribution in [3.63, 3.8) is 0 Å². The van der Waals surface area contributed by atoms with E-state index < -0.39 is 0 Å². The van der Waals surface area contributed by atoms with E-state index in [9.17, 15) is 0 Å². The van der Waals surface area contributed by atoms with E-state index in [2.05, 4.69) is 19.3 Å². The zero-order chi connectivity index (χ0) is 13.0. The zero-order valence-corrected chi connectivity index (χ0v) is 11.7. The Labute approximate surface area is 113 Å². The number of nitrogen functional groups attached to an aromatic ring is 1. The Hall–Kier alpha value is -1.25. The van der Waals surface area contributed by atoms with Gasteiger partial charge in [0.2, 0.25) is 0 Å². The maximum absolute atomic E-state index is 5.74. The third kappa shape index (κ3) is 3.62. The molecule has 0 atom stereocenters. The lowest BCUT2D eigenvalue weighted by molar-refractivity contribution is 0.128. The average Bonchev–Trinajstić information content (AvgIpc) is 2.71. The summed E-state index contributed by atoms with van der Waals surface area (Å²) in [6.07, 6.45) is 0. The monoisotopic (exact) mass is 283 g/mol. The number of rotatable bonds is 5. The SMILES string of the molecule is CCOCc1nc(N)cc(Sc2nc(C)ns2)n1. The minimum Gasteiger partial charge on any atom is -0.384 e. The van der Waals surface area contributed by atoms with Gasteiger partial charge in [0, 0.05) is 12.7 Å². The minimum atomic E-state index is 0.365. The molecule has 0 saturated carbocycles. The van der Waals surface area contributed by atoms with Gasteiger partial charge in [-0.3, -0.25) is 0 Å². The van der Waals surface area contributed by atoms with E-state index in [1.165, 1.54) is 23.3 Å². The van der Waals surface area contributed by atoms with Crippen molar-refractivity contribution in [3.8, 4) is 0 Å². The van der Waals surface area contributed by atoms with Gasteiger partial charge >= 0.3 is 0 Å². The Morgan fingerprint density at radius 3 is 2.89 bits per heavy atom. The van der Waals surface area contributed by atoms with Crippen molar-refractivity contribution in [1.82, 2.24) is 19.3 Å². The first-order valence-electron chi connectivity index (χ1n) is 5.36. The molecule has 6 nitrogen and oxygen atoms in total. The predicted octanol–water partition coefficient (Wildman–Crippen LogP) is 1.91. The summed E-state index contributed by atoms with van der Waals surface area (Å²) < 4.78 is 10.2. The molecule has 0 aliphatic heterocycles. The van der Waals surface area contributed by atoms with Crippen LogP contribution in [0, 0.1) is 6.92 Å². The topological polar surface area (TPSA) is 86.8 Å². The van der Waals surface area contributed by atoms with Crippen LogP contribution >= 0.6 is 23.3 Å². The van der Waals surface area contributed by atoms with Gasteiger partial charge in [-0.05, 0) is 37.1 Å². The fourth-order valence-electron chi connectivity index (χ4n) is 1.21. The van der Waals surface area contributed by atoms with Crippen LogP contribution in [0.1, 0.15) is 18.6 Å². The smallest absolute Gasteiger partial charge is 0.176 e. The molecule has 2 aromatic rings. The lowest BCUT2D eigenvalue weighted by Crippen LogP contribution is -2.03. The summed E-state index contributed by atoms with van der Waals surface area (Å²) in [6, 6.07) is 1.72. The zero-order valence-electron chi connectivity index (χ0n) is 10.1. The van der Waals surface area contributed by atoms with Crippen molar-refractivity contribution in [2.24, 2.45) is 0 Å². The van der Waals surface area contributed by atoms with Crippen LogP contribution in [0.5, 0.6) is 0 Å². The summed E-state index contributed by atoms with van der Waals surface area (Å²) in [4.78, 5) is 12.7. The summed E-state index contributed by atoms with van der Waals surface area (Å²) in [5.41, 5.74) is 5.74. The maximum atomic E-state index is 5.74. The summed E-state index contributed by atoms with van der Waals surface area (Å²) in [7, 11) is 0. The van der Waals surface area contributed by atoms with Crippen LogP contribution in [0.2, 0.25) is 0 Å². The molecule has 0 fully saturated rings. The molecule has 0 aliphatic rings. The Morgan fingerprint density at radius 2 is 2.22 bits per heavy atom. The lowest BCUT2D eigenvalue weighted by atomic mass is 10.5. The number of nitrogens with zero attached hydrogens (tertiary/aromatic N) is 4. The molecule has 0 unspecified atom stereocenters. The van der Waals surface area contributed by atoms with Crippen LogP contribution in [-0.2, 0) is 11.3 Å². The molecule has 2 heterocycles. The molecule has 96 valence electrons. The van der Waals surface area contributed by atoms with E-state index in [1.807, 2.05) is 13.8 Å². The predicted molar refractivity (Wildman–Crippen MR) is 70.5 cm³/mol. The highest BCUT2D eigenvalue weighted by Crippen LogP contribution is 2.28. The number of aromatic nitrogens is 4. The fraction of sp³-hybridized carbons (Fsp3) is 0.400. The molecule has 2 N–H and O–H groups in total. The summed E-state index contributed by atoms with van der Waals surface area (Å²) in [5, 5.41) is 0.758. The summed E-state index contributed by atoms with van der Waals surface area (Å²) >= 11 is 2.77. The quantitative estimate of drug-likeness (QED) is 0.838. The van der Waals surface area contributed by atoms with Gasteiger partial charge in [0.25, 0.3) is 0 Å². The second kappa shape index (κ2) is 6.07. The second-order valence-electron chi connectivity index (χ2n) is 3.39. The molecular formula is C10H13N5OS2. The van der Waals surface area contributed by atoms with E-state index in [1.54, 1.807) is 6.07 Å². The molecule has 0 aromatic carbocycles.